The molecule has 0 saturated carbocycles. The molecule has 0 saturated heterocycles. The van der Waals surface area contributed by atoms with E-state index in [1.54, 1.807) is 0 Å². The summed E-state index contributed by atoms with van der Waals surface area (Å²) in [5.41, 5.74) is 8.86. The molecule has 2 rings (SSSR count). The first-order chi connectivity index (χ1) is 18.8. The molecule has 39 heavy (non-hydrogen) atoms. The number of hydrogen-bond donors (Lipinski definition) is 2. The van der Waals surface area contributed by atoms with E-state index < -0.39 is 0 Å². The lowest BCUT2D eigenvalue weighted by atomic mass is 10.0. The Balaban J connectivity index is -0.000000177. The summed E-state index contributed by atoms with van der Waals surface area (Å²) >= 11 is 0. The lowest BCUT2D eigenvalue weighted by molar-refractivity contribution is 0.399. The minimum Gasteiger partial charge on any atom is -0.400 e. The van der Waals surface area contributed by atoms with Gasteiger partial charge < -0.3 is 10.4 Å². The maximum atomic E-state index is 7.00. The predicted molar refractivity (Wildman–Crippen MR) is 182 cm³/mol. The normalized spacial score (nSPS) is 9.38. The summed E-state index contributed by atoms with van der Waals surface area (Å²) in [7, 11) is 1.00. The monoisotopic (exact) mass is 535 g/mol. The third-order valence-electron chi connectivity index (χ3n) is 4.76. The highest BCUT2D eigenvalue weighted by Crippen LogP contribution is 2.13. The molecule has 2 nitrogen and oxygen atoms in total. The van der Waals surface area contributed by atoms with Gasteiger partial charge in [0.1, 0.15) is 0 Å². The average Bonchev–Trinajstić information content (AvgIpc) is 2.98. The van der Waals surface area contributed by atoms with Crippen molar-refractivity contribution in [2.45, 2.75) is 95.7 Å². The molecule has 0 fully saturated rings. The summed E-state index contributed by atoms with van der Waals surface area (Å²) in [5, 5.41) is 10.5. The molecular weight excluding hydrogens is 474 g/mol. The molecule has 0 aliphatic carbocycles. The lowest BCUT2D eigenvalue weighted by Gasteiger charge is -2.16. The van der Waals surface area contributed by atoms with Gasteiger partial charge in [-0.3, -0.25) is 0 Å². The van der Waals surface area contributed by atoms with Gasteiger partial charge in [0.2, 0.25) is 0 Å². The molecule has 0 amide bonds. The first-order valence-electron chi connectivity index (χ1n) is 14.0. The quantitative estimate of drug-likeness (QED) is 0.273. The Kier molecular flexibility index (Phi) is 40.9. The van der Waals surface area contributed by atoms with Gasteiger partial charge in [-0.15, -0.1) is 12.8 Å². The van der Waals surface area contributed by atoms with Crippen LogP contribution in [0.1, 0.15) is 84.6 Å². The fourth-order valence-electron chi connectivity index (χ4n) is 2.85. The average molecular weight is 536 g/mol. The second kappa shape index (κ2) is 34.9. The van der Waals surface area contributed by atoms with Crippen molar-refractivity contribution in [3.63, 3.8) is 0 Å². The van der Waals surface area contributed by atoms with Crippen LogP contribution in [0.2, 0.25) is 0 Å². The smallest absolute Gasteiger partial charge is 0.0319 e. The van der Waals surface area contributed by atoms with Crippen molar-refractivity contribution in [3.8, 4) is 12.8 Å². The molecular formula is C37H61NO. The van der Waals surface area contributed by atoms with E-state index in [-0.39, 0.29) is 6.04 Å². The lowest BCUT2D eigenvalue weighted by Crippen LogP contribution is -2.26. The van der Waals surface area contributed by atoms with Crippen LogP contribution in [0.3, 0.4) is 0 Å². The van der Waals surface area contributed by atoms with Crippen LogP contribution < -0.4 is 5.32 Å². The zero-order valence-electron chi connectivity index (χ0n) is 27.7. The molecule has 0 spiro atoms. The molecule has 2 N–H and O–H groups in total. The zero-order chi connectivity index (χ0) is 31.8. The van der Waals surface area contributed by atoms with E-state index in [2.05, 4.69) is 127 Å². The molecule has 0 aromatic heterocycles. The van der Waals surface area contributed by atoms with Crippen molar-refractivity contribution >= 4 is 0 Å². The number of rotatable bonds is 7. The van der Waals surface area contributed by atoms with Crippen molar-refractivity contribution in [1.82, 2.24) is 5.32 Å². The fourth-order valence-corrected chi connectivity index (χ4v) is 2.85. The number of hydrogen-bond acceptors (Lipinski definition) is 2. The summed E-state index contributed by atoms with van der Waals surface area (Å²) in [6, 6.07) is 17.3. The summed E-state index contributed by atoms with van der Waals surface area (Å²) in [5.74, 6) is 0. The van der Waals surface area contributed by atoms with Crippen molar-refractivity contribution in [1.29, 1.82) is 0 Å². The van der Waals surface area contributed by atoms with Gasteiger partial charge in [0.15, 0.2) is 0 Å². The van der Waals surface area contributed by atoms with Crippen LogP contribution in [0.4, 0.5) is 0 Å². The van der Waals surface area contributed by atoms with E-state index in [9.17, 15) is 0 Å². The van der Waals surface area contributed by atoms with Crippen molar-refractivity contribution in [3.05, 3.63) is 119 Å². The van der Waals surface area contributed by atoms with E-state index in [1.165, 1.54) is 33.4 Å². The predicted octanol–water partition coefficient (Wildman–Crippen LogP) is 10.3. The van der Waals surface area contributed by atoms with Gasteiger partial charge in [0, 0.05) is 19.7 Å². The molecule has 1 unspecified atom stereocenters. The summed E-state index contributed by atoms with van der Waals surface area (Å²) in [4.78, 5) is 0. The Morgan fingerprint density at radius 2 is 1.23 bits per heavy atom. The highest BCUT2D eigenvalue weighted by Gasteiger charge is 2.06. The van der Waals surface area contributed by atoms with E-state index in [1.807, 2.05) is 53.7 Å². The highest BCUT2D eigenvalue weighted by atomic mass is 16.2. The number of allylic oxidation sites excluding steroid dienone is 4. The molecule has 0 aliphatic heterocycles. The molecule has 0 heterocycles. The summed E-state index contributed by atoms with van der Waals surface area (Å²) in [6.07, 6.45) is 14.0. The SMILES string of the molecule is C#C.C=CC(/C=C(\C=C)C(C)NCc1ccc(C)cc1)=C(C)C.CC.CC.CC.CO.Cc1cccc(C)c1. The topological polar surface area (TPSA) is 32.3 Å². The first-order valence-corrected chi connectivity index (χ1v) is 14.0. The Morgan fingerprint density at radius 3 is 1.54 bits per heavy atom. The Labute approximate surface area is 244 Å². The number of nitrogens with one attached hydrogen (secondary N) is 1. The van der Waals surface area contributed by atoms with Crippen LogP contribution in [0.15, 0.2) is 96.6 Å². The van der Waals surface area contributed by atoms with Gasteiger partial charge in [0.05, 0.1) is 0 Å². The van der Waals surface area contributed by atoms with Gasteiger partial charge in [-0.25, -0.2) is 0 Å². The maximum absolute atomic E-state index is 7.00. The second-order valence-electron chi connectivity index (χ2n) is 7.75. The number of benzene rings is 2. The van der Waals surface area contributed by atoms with E-state index in [4.69, 9.17) is 5.11 Å². The number of aryl methyl sites for hydroxylation is 3. The van der Waals surface area contributed by atoms with Crippen LogP contribution in [0.25, 0.3) is 0 Å². The number of aliphatic hydroxyl groups is 1. The number of terminal acetylenes is 1. The standard InChI is InChI=1S/C20H27N.C8H10.3C2H6.C2H2.CH4O/c1-7-19(15(3)4)13-20(8-2)17(6)21-14-18-11-9-16(5)10-12-18;1-7-4-3-5-8(2)6-7;5*1-2/h7-13,17,21H,1-2,14H2,3-6H3;3-6H,1-2H3;3*1-2H3;1-2H;2H,1H3/b20-13+;;;;;;. The third kappa shape index (κ3) is 26.3. The molecule has 0 aliphatic rings. The summed E-state index contributed by atoms with van der Waals surface area (Å²) in [6.45, 7) is 33.3. The van der Waals surface area contributed by atoms with Crippen LogP contribution in [-0.2, 0) is 6.54 Å². The minimum atomic E-state index is 0.248. The Bertz CT molecular complexity index is 877. The van der Waals surface area contributed by atoms with Gasteiger partial charge >= 0.3 is 0 Å². The second-order valence-corrected chi connectivity index (χ2v) is 7.75. The Hall–Kier alpha value is -3.12. The molecule has 2 aromatic rings. The third-order valence-corrected chi connectivity index (χ3v) is 4.76. The van der Waals surface area contributed by atoms with Gasteiger partial charge in [0.25, 0.3) is 0 Å². The van der Waals surface area contributed by atoms with Gasteiger partial charge in [-0.2, -0.15) is 0 Å². The van der Waals surface area contributed by atoms with E-state index in [0.29, 0.717) is 0 Å². The minimum absolute atomic E-state index is 0.248. The fraction of sp³-hybridized carbons (Fsp3) is 0.405. The van der Waals surface area contributed by atoms with Crippen LogP contribution in [-0.4, -0.2) is 18.3 Å². The van der Waals surface area contributed by atoms with Crippen molar-refractivity contribution in [2.24, 2.45) is 0 Å². The molecule has 2 aromatic carbocycles. The largest absolute Gasteiger partial charge is 0.400 e. The molecule has 0 radical (unpaired) electrons. The molecule has 220 valence electrons. The molecule has 1 atom stereocenters. The van der Waals surface area contributed by atoms with E-state index in [0.717, 1.165) is 19.2 Å². The van der Waals surface area contributed by atoms with Crippen molar-refractivity contribution in [2.75, 3.05) is 7.11 Å². The first kappa shape index (κ1) is 45.8. The van der Waals surface area contributed by atoms with Gasteiger partial charge in [-0.05, 0) is 58.3 Å². The maximum Gasteiger partial charge on any atom is 0.0319 e. The molecule has 2 heteroatoms. The Morgan fingerprint density at radius 1 is 0.795 bits per heavy atom. The molecule has 0 bridgehead atoms. The van der Waals surface area contributed by atoms with Crippen molar-refractivity contribution < 1.29 is 5.11 Å². The summed E-state index contributed by atoms with van der Waals surface area (Å²) < 4.78 is 0. The number of aliphatic hydroxyl groups excluding tert-OH is 1. The van der Waals surface area contributed by atoms with Crippen LogP contribution >= 0.6 is 0 Å². The van der Waals surface area contributed by atoms with Crippen LogP contribution in [0, 0.1) is 33.6 Å². The van der Waals surface area contributed by atoms with E-state index >= 15 is 0 Å². The zero-order valence-corrected chi connectivity index (χ0v) is 27.7. The van der Waals surface area contributed by atoms with Crippen LogP contribution in [0.5, 0.6) is 0 Å². The highest BCUT2D eigenvalue weighted by molar-refractivity contribution is 5.40. The van der Waals surface area contributed by atoms with Gasteiger partial charge in [-0.1, -0.05) is 144 Å².